The highest BCUT2D eigenvalue weighted by atomic mass is 35.5. The smallest absolute Gasteiger partial charge is 0.165 e. The number of aromatic hydroxyl groups is 1. The van der Waals surface area contributed by atoms with E-state index in [-0.39, 0.29) is 24.2 Å². The van der Waals surface area contributed by atoms with E-state index >= 15 is 0 Å². The van der Waals surface area contributed by atoms with Crippen LogP contribution in [0.5, 0.6) is 5.75 Å². The van der Waals surface area contributed by atoms with Crippen LogP contribution in [0.1, 0.15) is 17.5 Å². The number of hydrogen-bond donors (Lipinski definition) is 2. The van der Waals surface area contributed by atoms with E-state index in [4.69, 9.17) is 10.8 Å². The Morgan fingerprint density at radius 2 is 2.07 bits per heavy atom. The second kappa shape index (κ2) is 4.15. The average Bonchev–Trinajstić information content (AvgIpc) is 2.08. The molecule has 4 heteroatoms. The molecule has 1 aliphatic carbocycles. The fraction of sp³-hybridized carbons (Fsp3) is 0.400. The molecule has 1 aromatic carbocycles. The lowest BCUT2D eigenvalue weighted by atomic mass is 9.88. The molecule has 0 saturated heterocycles. The lowest BCUT2D eigenvalue weighted by Crippen LogP contribution is -2.27. The predicted octanol–water partition coefficient (Wildman–Crippen LogP) is 1.77. The minimum atomic E-state index is -0.548. The van der Waals surface area contributed by atoms with Gasteiger partial charge in [-0.1, -0.05) is 0 Å². The van der Waals surface area contributed by atoms with Crippen molar-refractivity contribution in [2.45, 2.75) is 25.3 Å². The van der Waals surface area contributed by atoms with Crippen molar-refractivity contribution in [3.8, 4) is 5.75 Å². The lowest BCUT2D eigenvalue weighted by Gasteiger charge is -2.21. The van der Waals surface area contributed by atoms with Gasteiger partial charge in [0.2, 0.25) is 0 Å². The van der Waals surface area contributed by atoms with Gasteiger partial charge in [0.05, 0.1) is 0 Å². The summed E-state index contributed by atoms with van der Waals surface area (Å²) in [6.07, 6.45) is 2.47. The molecular formula is C10H13ClFNO. The average molecular weight is 218 g/mol. The Bertz CT molecular complexity index is 343. The molecule has 0 heterocycles. The van der Waals surface area contributed by atoms with Crippen molar-refractivity contribution in [1.29, 1.82) is 0 Å². The summed E-state index contributed by atoms with van der Waals surface area (Å²) in [6.45, 7) is 0. The van der Waals surface area contributed by atoms with Crippen LogP contribution in [0, 0.1) is 5.82 Å². The molecule has 0 fully saturated rings. The van der Waals surface area contributed by atoms with E-state index in [2.05, 4.69) is 0 Å². The van der Waals surface area contributed by atoms with Crippen molar-refractivity contribution in [3.63, 3.8) is 0 Å². The Labute approximate surface area is 88.3 Å². The summed E-state index contributed by atoms with van der Waals surface area (Å²) >= 11 is 0. The van der Waals surface area contributed by atoms with Gasteiger partial charge in [0.25, 0.3) is 0 Å². The Kier molecular flexibility index (Phi) is 3.34. The zero-order chi connectivity index (χ0) is 9.42. The van der Waals surface area contributed by atoms with Crippen molar-refractivity contribution in [2.24, 2.45) is 5.73 Å². The molecule has 0 saturated carbocycles. The molecule has 14 heavy (non-hydrogen) atoms. The van der Waals surface area contributed by atoms with Crippen molar-refractivity contribution < 1.29 is 9.50 Å². The Morgan fingerprint density at radius 1 is 1.36 bits per heavy atom. The first kappa shape index (κ1) is 11.3. The minimum Gasteiger partial charge on any atom is -0.505 e. The van der Waals surface area contributed by atoms with E-state index in [9.17, 15) is 4.39 Å². The van der Waals surface area contributed by atoms with E-state index in [1.165, 1.54) is 12.1 Å². The lowest BCUT2D eigenvalue weighted by molar-refractivity contribution is 0.428. The number of phenols is 1. The van der Waals surface area contributed by atoms with E-state index in [0.29, 0.717) is 6.42 Å². The molecule has 0 spiro atoms. The maximum Gasteiger partial charge on any atom is 0.165 e. The molecule has 0 bridgehead atoms. The SMILES string of the molecule is Cl.N[C@H]1CCc2cc(O)c(F)cc2C1. The van der Waals surface area contributed by atoms with Crippen molar-refractivity contribution in [1.82, 2.24) is 0 Å². The zero-order valence-electron chi connectivity index (χ0n) is 7.66. The number of phenolic OH excluding ortho intramolecular Hbond substituents is 1. The first-order valence-corrected chi connectivity index (χ1v) is 4.42. The summed E-state index contributed by atoms with van der Waals surface area (Å²) in [4.78, 5) is 0. The largest absolute Gasteiger partial charge is 0.505 e. The molecule has 1 aromatic rings. The van der Waals surface area contributed by atoms with E-state index in [1.807, 2.05) is 0 Å². The summed E-state index contributed by atoms with van der Waals surface area (Å²) in [7, 11) is 0. The van der Waals surface area contributed by atoms with Gasteiger partial charge in [-0.2, -0.15) is 0 Å². The van der Waals surface area contributed by atoms with E-state index < -0.39 is 5.82 Å². The molecule has 0 amide bonds. The van der Waals surface area contributed by atoms with Gasteiger partial charge in [0.1, 0.15) is 0 Å². The Hall–Kier alpha value is -0.800. The Morgan fingerprint density at radius 3 is 2.79 bits per heavy atom. The molecule has 0 radical (unpaired) electrons. The zero-order valence-corrected chi connectivity index (χ0v) is 8.48. The predicted molar refractivity (Wildman–Crippen MR) is 55.3 cm³/mol. The standard InChI is InChI=1S/C10H12FNO.ClH/c11-9-4-7-3-8(12)2-1-6(7)5-10(9)13;/h4-5,8,13H,1-3,12H2;1H/t8-;/m0./s1. The quantitative estimate of drug-likeness (QED) is 0.696. The molecule has 0 aromatic heterocycles. The van der Waals surface area contributed by atoms with Gasteiger partial charge in [-0.25, -0.2) is 4.39 Å². The van der Waals surface area contributed by atoms with Crippen LogP contribution in [0.2, 0.25) is 0 Å². The molecule has 78 valence electrons. The topological polar surface area (TPSA) is 46.2 Å². The number of hydrogen-bond acceptors (Lipinski definition) is 2. The highest BCUT2D eigenvalue weighted by Gasteiger charge is 2.17. The fourth-order valence-electron chi connectivity index (χ4n) is 1.79. The monoisotopic (exact) mass is 217 g/mol. The summed E-state index contributed by atoms with van der Waals surface area (Å²) < 4.78 is 12.9. The number of benzene rings is 1. The van der Waals surface area contributed by atoms with Gasteiger partial charge in [0.15, 0.2) is 11.6 Å². The van der Waals surface area contributed by atoms with Crippen LogP contribution in [0.4, 0.5) is 4.39 Å². The van der Waals surface area contributed by atoms with Crippen LogP contribution in [0.3, 0.4) is 0 Å². The van der Waals surface area contributed by atoms with Crippen LogP contribution in [0.15, 0.2) is 12.1 Å². The second-order valence-corrected chi connectivity index (χ2v) is 3.58. The van der Waals surface area contributed by atoms with Crippen molar-refractivity contribution in [2.75, 3.05) is 0 Å². The van der Waals surface area contributed by atoms with Crippen molar-refractivity contribution >= 4 is 12.4 Å². The first-order chi connectivity index (χ1) is 6.16. The molecule has 1 aliphatic rings. The highest BCUT2D eigenvalue weighted by molar-refractivity contribution is 5.85. The number of fused-ring (bicyclic) bond motifs is 1. The maximum absolute atomic E-state index is 12.9. The number of rotatable bonds is 0. The van der Waals surface area contributed by atoms with Gasteiger partial charge >= 0.3 is 0 Å². The maximum atomic E-state index is 12.9. The molecule has 0 aliphatic heterocycles. The first-order valence-electron chi connectivity index (χ1n) is 4.42. The van der Waals surface area contributed by atoms with Gasteiger partial charge < -0.3 is 10.8 Å². The van der Waals surface area contributed by atoms with Gasteiger partial charge in [-0.15, -0.1) is 12.4 Å². The summed E-state index contributed by atoms with van der Waals surface area (Å²) in [5.41, 5.74) is 7.72. The van der Waals surface area contributed by atoms with Crippen molar-refractivity contribution in [3.05, 3.63) is 29.1 Å². The second-order valence-electron chi connectivity index (χ2n) is 3.58. The van der Waals surface area contributed by atoms with Crippen LogP contribution in [-0.4, -0.2) is 11.1 Å². The number of nitrogens with two attached hydrogens (primary N) is 1. The fourth-order valence-corrected chi connectivity index (χ4v) is 1.79. The minimum absolute atomic E-state index is 0. The third kappa shape index (κ3) is 1.99. The normalized spacial score (nSPS) is 19.7. The molecule has 2 nitrogen and oxygen atoms in total. The summed E-state index contributed by atoms with van der Waals surface area (Å²) in [5, 5.41) is 9.13. The molecular weight excluding hydrogens is 205 g/mol. The van der Waals surface area contributed by atoms with Crippen LogP contribution >= 0.6 is 12.4 Å². The van der Waals surface area contributed by atoms with E-state index in [0.717, 1.165) is 24.0 Å². The third-order valence-electron chi connectivity index (χ3n) is 2.54. The highest BCUT2D eigenvalue weighted by Crippen LogP contribution is 2.26. The number of aryl methyl sites for hydroxylation is 1. The Balaban J connectivity index is 0.000000980. The molecule has 2 rings (SSSR count). The van der Waals surface area contributed by atoms with Gasteiger partial charge in [-0.05, 0) is 42.5 Å². The van der Waals surface area contributed by atoms with Crippen LogP contribution in [-0.2, 0) is 12.8 Å². The van der Waals surface area contributed by atoms with Crippen LogP contribution < -0.4 is 5.73 Å². The summed E-state index contributed by atoms with van der Waals surface area (Å²) in [6, 6.07) is 3.04. The number of halogens is 2. The van der Waals surface area contributed by atoms with Crippen LogP contribution in [0.25, 0.3) is 0 Å². The van der Waals surface area contributed by atoms with Gasteiger partial charge in [0, 0.05) is 6.04 Å². The third-order valence-corrected chi connectivity index (χ3v) is 2.54. The molecule has 1 atom stereocenters. The van der Waals surface area contributed by atoms with Gasteiger partial charge in [-0.3, -0.25) is 0 Å². The van der Waals surface area contributed by atoms with E-state index in [1.54, 1.807) is 0 Å². The molecule has 0 unspecified atom stereocenters. The summed E-state index contributed by atoms with van der Waals surface area (Å²) in [5.74, 6) is -0.804. The molecule has 3 N–H and O–H groups in total.